The third kappa shape index (κ3) is 2.00. The molecule has 76 valence electrons. The maximum absolute atomic E-state index is 12.7. The van der Waals surface area contributed by atoms with Gasteiger partial charge in [0.2, 0.25) is 0 Å². The molecule has 5 heteroatoms. The Morgan fingerprint density at radius 2 is 2.21 bits per heavy atom. The molecule has 0 saturated carbocycles. The molecule has 0 amide bonds. The highest BCUT2D eigenvalue weighted by atomic mass is 19.1. The Labute approximate surface area is 79.6 Å². The average Bonchev–Trinajstić information content (AvgIpc) is 2.16. The van der Waals surface area contributed by atoms with Crippen molar-refractivity contribution in [3.05, 3.63) is 29.6 Å². The fourth-order valence-electron chi connectivity index (χ4n) is 1.04. The maximum atomic E-state index is 12.7. The van der Waals surface area contributed by atoms with Gasteiger partial charge in [-0.1, -0.05) is 0 Å². The molecule has 1 rings (SSSR count). The number of methoxy groups -OCH3 is 1. The first-order valence-electron chi connectivity index (χ1n) is 3.80. The van der Waals surface area contributed by atoms with Gasteiger partial charge in [-0.3, -0.25) is 0 Å². The average molecular weight is 200 g/mol. The molecule has 0 heterocycles. The van der Waals surface area contributed by atoms with Crippen LogP contribution in [0, 0.1) is 5.82 Å². The van der Waals surface area contributed by atoms with Gasteiger partial charge in [-0.05, 0) is 12.1 Å². The lowest BCUT2D eigenvalue weighted by Gasteiger charge is -2.10. The second-order valence-electron chi connectivity index (χ2n) is 2.63. The minimum Gasteiger partial charge on any atom is -0.496 e. The highest BCUT2D eigenvalue weighted by Gasteiger charge is 2.20. The van der Waals surface area contributed by atoms with Crippen molar-refractivity contribution in [2.45, 2.75) is 6.10 Å². The molecule has 0 radical (unpaired) electrons. The van der Waals surface area contributed by atoms with E-state index >= 15 is 0 Å². The van der Waals surface area contributed by atoms with Crippen molar-refractivity contribution in [3.8, 4) is 5.75 Å². The molecule has 0 bridgehead atoms. The second-order valence-corrected chi connectivity index (χ2v) is 2.63. The molecule has 1 aromatic rings. The van der Waals surface area contributed by atoms with Gasteiger partial charge in [0.15, 0.2) is 6.10 Å². The Bertz CT molecular complexity index is 351. The van der Waals surface area contributed by atoms with Crippen LogP contribution in [0.15, 0.2) is 18.2 Å². The van der Waals surface area contributed by atoms with Gasteiger partial charge in [0.05, 0.1) is 7.11 Å². The van der Waals surface area contributed by atoms with Gasteiger partial charge < -0.3 is 14.9 Å². The number of carbonyl (C=O) groups is 1. The first-order chi connectivity index (χ1) is 6.56. The van der Waals surface area contributed by atoms with Crippen molar-refractivity contribution in [3.63, 3.8) is 0 Å². The van der Waals surface area contributed by atoms with Crippen LogP contribution in [0.4, 0.5) is 4.39 Å². The second kappa shape index (κ2) is 4.06. The molecule has 0 aromatic heterocycles. The molecule has 0 spiro atoms. The summed E-state index contributed by atoms with van der Waals surface area (Å²) in [6.07, 6.45) is -1.70. The predicted molar refractivity (Wildman–Crippen MR) is 45.5 cm³/mol. The lowest BCUT2D eigenvalue weighted by molar-refractivity contribution is -0.147. The van der Waals surface area contributed by atoms with Crippen molar-refractivity contribution >= 4 is 5.97 Å². The van der Waals surface area contributed by atoms with Gasteiger partial charge in [-0.25, -0.2) is 9.18 Å². The maximum Gasteiger partial charge on any atom is 0.337 e. The molecule has 0 saturated heterocycles. The lowest BCUT2D eigenvalue weighted by atomic mass is 10.1. The zero-order valence-corrected chi connectivity index (χ0v) is 7.40. The van der Waals surface area contributed by atoms with E-state index in [0.29, 0.717) is 0 Å². The number of rotatable bonds is 3. The summed E-state index contributed by atoms with van der Waals surface area (Å²) < 4.78 is 17.4. The Kier molecular flexibility index (Phi) is 3.03. The van der Waals surface area contributed by atoms with Crippen LogP contribution >= 0.6 is 0 Å². The summed E-state index contributed by atoms with van der Waals surface area (Å²) in [5.74, 6) is -1.95. The molecule has 2 N–H and O–H groups in total. The summed E-state index contributed by atoms with van der Waals surface area (Å²) in [4.78, 5) is 10.5. The summed E-state index contributed by atoms with van der Waals surface area (Å²) in [7, 11) is 1.27. The quantitative estimate of drug-likeness (QED) is 0.762. The molecule has 0 aliphatic heterocycles. The fourth-order valence-corrected chi connectivity index (χ4v) is 1.04. The van der Waals surface area contributed by atoms with Crippen LogP contribution < -0.4 is 4.74 Å². The van der Waals surface area contributed by atoms with Crippen LogP contribution in [-0.2, 0) is 4.79 Å². The van der Waals surface area contributed by atoms with Crippen LogP contribution in [-0.4, -0.2) is 23.3 Å². The third-order valence-electron chi connectivity index (χ3n) is 1.72. The number of hydrogen-bond donors (Lipinski definition) is 2. The number of halogens is 1. The predicted octanol–water partition coefficient (Wildman–Crippen LogP) is 0.952. The number of ether oxygens (including phenoxy) is 1. The normalized spacial score (nSPS) is 12.2. The zero-order chi connectivity index (χ0) is 10.7. The van der Waals surface area contributed by atoms with Crippen molar-refractivity contribution in [2.75, 3.05) is 7.11 Å². The van der Waals surface area contributed by atoms with E-state index in [4.69, 9.17) is 9.84 Å². The van der Waals surface area contributed by atoms with Crippen molar-refractivity contribution < 1.29 is 24.1 Å². The number of carboxylic acid groups (broad SMARTS) is 1. The highest BCUT2D eigenvalue weighted by Crippen LogP contribution is 2.25. The summed E-state index contributed by atoms with van der Waals surface area (Å²) >= 11 is 0. The van der Waals surface area contributed by atoms with Gasteiger partial charge in [0.25, 0.3) is 0 Å². The number of aliphatic hydroxyl groups is 1. The Morgan fingerprint density at radius 3 is 2.71 bits per heavy atom. The highest BCUT2D eigenvalue weighted by molar-refractivity contribution is 5.75. The molecule has 1 aromatic carbocycles. The Hall–Kier alpha value is -1.62. The fraction of sp³-hybridized carbons (Fsp3) is 0.222. The van der Waals surface area contributed by atoms with Crippen LogP contribution in [0.1, 0.15) is 11.7 Å². The van der Waals surface area contributed by atoms with Crippen molar-refractivity contribution in [1.82, 2.24) is 0 Å². The van der Waals surface area contributed by atoms with Gasteiger partial charge in [-0.2, -0.15) is 0 Å². The number of aliphatic carboxylic acids is 1. The summed E-state index contributed by atoms with van der Waals surface area (Å²) in [5, 5.41) is 17.7. The number of carboxylic acids is 1. The van der Waals surface area contributed by atoms with Crippen LogP contribution in [0.2, 0.25) is 0 Å². The molecule has 4 nitrogen and oxygen atoms in total. The minimum atomic E-state index is -1.70. The monoisotopic (exact) mass is 200 g/mol. The van der Waals surface area contributed by atoms with E-state index in [-0.39, 0.29) is 11.3 Å². The topological polar surface area (TPSA) is 66.8 Å². The Morgan fingerprint density at radius 1 is 1.57 bits per heavy atom. The standard InChI is InChI=1S/C9H9FO4/c1-14-7-4-5(10)2-3-6(7)8(11)9(12)13/h2-4,8,11H,1H3,(H,12,13). The minimum absolute atomic E-state index is 0.0138. The summed E-state index contributed by atoms with van der Waals surface area (Å²) in [6, 6.07) is 3.25. The number of benzene rings is 1. The molecule has 14 heavy (non-hydrogen) atoms. The molecule has 0 aliphatic rings. The molecule has 1 unspecified atom stereocenters. The van der Waals surface area contributed by atoms with E-state index in [1.165, 1.54) is 13.2 Å². The molecule has 0 fully saturated rings. The third-order valence-corrected chi connectivity index (χ3v) is 1.72. The van der Waals surface area contributed by atoms with E-state index in [9.17, 15) is 14.3 Å². The van der Waals surface area contributed by atoms with Crippen molar-refractivity contribution in [1.29, 1.82) is 0 Å². The van der Waals surface area contributed by atoms with Crippen molar-refractivity contribution in [2.24, 2.45) is 0 Å². The molecule has 1 atom stereocenters. The van der Waals surface area contributed by atoms with Gasteiger partial charge in [-0.15, -0.1) is 0 Å². The van der Waals surface area contributed by atoms with Gasteiger partial charge >= 0.3 is 5.97 Å². The van der Waals surface area contributed by atoms with Crippen LogP contribution in [0.3, 0.4) is 0 Å². The first kappa shape index (κ1) is 10.5. The van der Waals surface area contributed by atoms with Crippen LogP contribution in [0.5, 0.6) is 5.75 Å². The smallest absolute Gasteiger partial charge is 0.337 e. The summed E-state index contributed by atoms with van der Waals surface area (Å²) in [6.45, 7) is 0. The molecule has 0 aliphatic carbocycles. The SMILES string of the molecule is COc1cc(F)ccc1C(O)C(=O)O. The number of aliphatic hydroxyl groups excluding tert-OH is 1. The van der Waals surface area contributed by atoms with E-state index in [0.717, 1.165) is 12.1 Å². The zero-order valence-electron chi connectivity index (χ0n) is 7.40. The van der Waals surface area contributed by atoms with Gasteiger partial charge in [0.1, 0.15) is 11.6 Å². The lowest BCUT2D eigenvalue weighted by Crippen LogP contribution is -2.11. The molecular weight excluding hydrogens is 191 g/mol. The van der Waals surface area contributed by atoms with E-state index < -0.39 is 17.9 Å². The van der Waals surface area contributed by atoms with Crippen LogP contribution in [0.25, 0.3) is 0 Å². The Balaban J connectivity index is 3.13. The van der Waals surface area contributed by atoms with E-state index in [1.54, 1.807) is 0 Å². The number of hydrogen-bond acceptors (Lipinski definition) is 3. The molecular formula is C9H9FO4. The summed E-state index contributed by atoms with van der Waals surface area (Å²) in [5.41, 5.74) is 0.0291. The van der Waals surface area contributed by atoms with E-state index in [2.05, 4.69) is 0 Å². The largest absolute Gasteiger partial charge is 0.496 e. The van der Waals surface area contributed by atoms with Gasteiger partial charge in [0, 0.05) is 11.6 Å². The first-order valence-corrected chi connectivity index (χ1v) is 3.80. The van der Waals surface area contributed by atoms with E-state index in [1.807, 2.05) is 0 Å².